The number of ether oxygens (including phenoxy) is 3. The molecule has 1 aliphatic rings. The molecule has 11 heteroatoms. The largest absolute Gasteiger partial charge is 0.483 e. The summed E-state index contributed by atoms with van der Waals surface area (Å²) in [7, 11) is 0. The molecule has 2 aromatic carbocycles. The average Bonchev–Trinajstić information content (AvgIpc) is 2.80. The lowest BCUT2D eigenvalue weighted by molar-refractivity contribution is -0.277. The van der Waals surface area contributed by atoms with E-state index in [0.29, 0.717) is 22.1 Å². The van der Waals surface area contributed by atoms with Gasteiger partial charge in [0.1, 0.15) is 35.9 Å². The molecule has 0 aromatic heterocycles. The number of aliphatic hydroxyl groups excluding tert-OH is 4. The number of benzene rings is 2. The maximum absolute atomic E-state index is 11.9. The number of carbonyl (C=O) groups excluding carboxylic acids is 1. The van der Waals surface area contributed by atoms with Crippen LogP contribution in [-0.2, 0) is 9.53 Å². The molecule has 10 nitrogen and oxygen atoms in total. The van der Waals surface area contributed by atoms with Crippen LogP contribution in [0, 0.1) is 6.92 Å². The van der Waals surface area contributed by atoms with Gasteiger partial charge in [-0.2, -0.15) is 5.10 Å². The number of hydrazone groups is 1. The molecule has 1 fully saturated rings. The molecular formula is C22H25ClN2O8. The fourth-order valence-corrected chi connectivity index (χ4v) is 3.29. The highest BCUT2D eigenvalue weighted by atomic mass is 35.5. The van der Waals surface area contributed by atoms with Crippen molar-refractivity contribution in [1.82, 2.24) is 5.43 Å². The molecule has 0 saturated carbocycles. The molecule has 0 bridgehead atoms. The number of aryl methyl sites for hydroxylation is 1. The SMILES string of the molecule is Cc1cc(Cl)ccc1OCC(=O)N/N=C\c1ccc(O[C@H]2O[C@@H](CO)[C@H](O)[C@@H](O)[C@@H]2O)cc1. The van der Waals surface area contributed by atoms with Crippen LogP contribution in [0.5, 0.6) is 11.5 Å². The lowest BCUT2D eigenvalue weighted by Gasteiger charge is -2.39. The lowest BCUT2D eigenvalue weighted by Crippen LogP contribution is -2.60. The molecule has 1 amide bonds. The van der Waals surface area contributed by atoms with Gasteiger partial charge in [0.25, 0.3) is 5.91 Å². The molecule has 0 radical (unpaired) electrons. The Labute approximate surface area is 195 Å². The maximum atomic E-state index is 11.9. The first-order valence-electron chi connectivity index (χ1n) is 10.1. The van der Waals surface area contributed by atoms with Gasteiger partial charge >= 0.3 is 0 Å². The summed E-state index contributed by atoms with van der Waals surface area (Å²) in [5.41, 5.74) is 3.81. The number of halogens is 1. The van der Waals surface area contributed by atoms with Gasteiger partial charge in [0.05, 0.1) is 12.8 Å². The van der Waals surface area contributed by atoms with Gasteiger partial charge in [0.2, 0.25) is 6.29 Å². The van der Waals surface area contributed by atoms with Gasteiger partial charge in [0, 0.05) is 5.02 Å². The van der Waals surface area contributed by atoms with Gasteiger partial charge in [-0.05, 0) is 60.5 Å². The second-order valence-corrected chi connectivity index (χ2v) is 7.81. The van der Waals surface area contributed by atoms with Crippen molar-refractivity contribution in [2.24, 2.45) is 5.10 Å². The molecule has 5 N–H and O–H groups in total. The average molecular weight is 481 g/mol. The van der Waals surface area contributed by atoms with E-state index in [9.17, 15) is 25.2 Å². The maximum Gasteiger partial charge on any atom is 0.277 e. The van der Waals surface area contributed by atoms with Crippen LogP contribution in [-0.4, -0.2) is 76.5 Å². The van der Waals surface area contributed by atoms with Crippen molar-refractivity contribution in [1.29, 1.82) is 0 Å². The van der Waals surface area contributed by atoms with E-state index in [1.807, 2.05) is 6.92 Å². The van der Waals surface area contributed by atoms with E-state index in [1.165, 1.54) is 6.21 Å². The second kappa shape index (κ2) is 11.4. The summed E-state index contributed by atoms with van der Waals surface area (Å²) in [6.45, 7) is 1.06. The lowest BCUT2D eigenvalue weighted by atomic mass is 9.99. The van der Waals surface area contributed by atoms with Gasteiger partial charge in [-0.25, -0.2) is 5.43 Å². The fourth-order valence-electron chi connectivity index (χ4n) is 3.06. The van der Waals surface area contributed by atoms with Crippen LogP contribution in [0.2, 0.25) is 5.02 Å². The predicted octanol–water partition coefficient (Wildman–Crippen LogP) is 0.356. The molecule has 2 aromatic rings. The molecule has 1 aliphatic heterocycles. The van der Waals surface area contributed by atoms with Crippen molar-refractivity contribution in [2.45, 2.75) is 37.6 Å². The molecule has 0 unspecified atom stereocenters. The van der Waals surface area contributed by atoms with Gasteiger partial charge in [0.15, 0.2) is 6.61 Å². The van der Waals surface area contributed by atoms with E-state index in [1.54, 1.807) is 42.5 Å². The van der Waals surface area contributed by atoms with Crippen LogP contribution in [0.4, 0.5) is 0 Å². The van der Waals surface area contributed by atoms with Crippen LogP contribution in [0.25, 0.3) is 0 Å². The van der Waals surface area contributed by atoms with Crippen molar-refractivity contribution in [3.63, 3.8) is 0 Å². The Morgan fingerprint density at radius 2 is 1.88 bits per heavy atom. The summed E-state index contributed by atoms with van der Waals surface area (Å²) in [6, 6.07) is 11.5. The highest BCUT2D eigenvalue weighted by molar-refractivity contribution is 6.30. The molecular weight excluding hydrogens is 456 g/mol. The Hall–Kier alpha value is -2.73. The molecule has 5 atom stereocenters. The van der Waals surface area contributed by atoms with Gasteiger partial charge < -0.3 is 34.6 Å². The highest BCUT2D eigenvalue weighted by Gasteiger charge is 2.44. The monoisotopic (exact) mass is 480 g/mol. The smallest absolute Gasteiger partial charge is 0.277 e. The minimum absolute atomic E-state index is 0.217. The molecule has 3 rings (SSSR count). The van der Waals surface area contributed by atoms with E-state index in [-0.39, 0.29) is 6.61 Å². The zero-order valence-corrected chi connectivity index (χ0v) is 18.4. The van der Waals surface area contributed by atoms with Crippen LogP contribution in [0.15, 0.2) is 47.6 Å². The van der Waals surface area contributed by atoms with E-state index in [2.05, 4.69) is 10.5 Å². The minimum Gasteiger partial charge on any atom is -0.483 e. The van der Waals surface area contributed by atoms with E-state index < -0.39 is 43.2 Å². The summed E-state index contributed by atoms with van der Waals surface area (Å²) < 4.78 is 16.3. The van der Waals surface area contributed by atoms with Crippen molar-refractivity contribution in [2.75, 3.05) is 13.2 Å². The van der Waals surface area contributed by atoms with Crippen molar-refractivity contribution < 1.29 is 39.4 Å². The Bertz CT molecular complexity index is 969. The summed E-state index contributed by atoms with van der Waals surface area (Å²) >= 11 is 5.89. The number of rotatable bonds is 8. The number of nitrogens with zero attached hydrogens (tertiary/aromatic N) is 1. The topological polar surface area (TPSA) is 150 Å². The van der Waals surface area contributed by atoms with Crippen LogP contribution < -0.4 is 14.9 Å². The number of aliphatic hydroxyl groups is 4. The zero-order valence-electron chi connectivity index (χ0n) is 17.7. The Kier molecular flexibility index (Phi) is 8.61. The van der Waals surface area contributed by atoms with Gasteiger partial charge in [-0.15, -0.1) is 0 Å². The standard InChI is InChI=1S/C22H25ClN2O8/c1-12-8-14(23)4-7-16(12)31-11-18(27)25-24-9-13-2-5-15(6-3-13)32-22-21(30)20(29)19(28)17(10-26)33-22/h2-9,17,19-22,26,28-30H,10-11H2,1H3,(H,25,27)/b24-9-/t17-,19-,20+,21-,22-/m0/s1. The zero-order chi connectivity index (χ0) is 24.0. The number of hydrogen-bond donors (Lipinski definition) is 5. The normalized spacial score (nSPS) is 25.1. The Morgan fingerprint density at radius 3 is 2.55 bits per heavy atom. The van der Waals surface area contributed by atoms with Crippen molar-refractivity contribution in [3.8, 4) is 11.5 Å². The molecule has 1 saturated heterocycles. The van der Waals surface area contributed by atoms with Crippen molar-refractivity contribution >= 4 is 23.7 Å². The summed E-state index contributed by atoms with van der Waals surface area (Å²) in [4.78, 5) is 11.9. The summed E-state index contributed by atoms with van der Waals surface area (Å²) in [6.07, 6.45) is -5.40. The molecule has 0 aliphatic carbocycles. The fraction of sp³-hybridized carbons (Fsp3) is 0.364. The third-order valence-electron chi connectivity index (χ3n) is 4.88. The predicted molar refractivity (Wildman–Crippen MR) is 118 cm³/mol. The second-order valence-electron chi connectivity index (χ2n) is 7.38. The third kappa shape index (κ3) is 6.64. The Morgan fingerprint density at radius 1 is 1.15 bits per heavy atom. The molecule has 33 heavy (non-hydrogen) atoms. The number of hydrogen-bond acceptors (Lipinski definition) is 9. The van der Waals surface area contributed by atoms with E-state index in [0.717, 1.165) is 5.56 Å². The van der Waals surface area contributed by atoms with E-state index in [4.69, 9.17) is 25.8 Å². The molecule has 178 valence electrons. The number of nitrogens with one attached hydrogen (secondary N) is 1. The summed E-state index contributed by atoms with van der Waals surface area (Å²) in [5, 5.41) is 43.3. The van der Waals surface area contributed by atoms with Gasteiger partial charge in [-0.1, -0.05) is 11.6 Å². The van der Waals surface area contributed by atoms with Gasteiger partial charge in [-0.3, -0.25) is 4.79 Å². The number of amides is 1. The van der Waals surface area contributed by atoms with Crippen LogP contribution in [0.1, 0.15) is 11.1 Å². The molecule has 1 heterocycles. The first kappa shape index (κ1) is 24.9. The first-order chi connectivity index (χ1) is 15.8. The summed E-state index contributed by atoms with van der Waals surface area (Å²) in [5.74, 6) is 0.420. The minimum atomic E-state index is -1.52. The highest BCUT2D eigenvalue weighted by Crippen LogP contribution is 2.24. The van der Waals surface area contributed by atoms with Crippen molar-refractivity contribution in [3.05, 3.63) is 58.6 Å². The van der Waals surface area contributed by atoms with Crippen LogP contribution >= 0.6 is 11.6 Å². The molecule has 0 spiro atoms. The first-order valence-corrected chi connectivity index (χ1v) is 10.4. The Balaban J connectivity index is 1.48. The quantitative estimate of drug-likeness (QED) is 0.268. The number of carbonyl (C=O) groups is 1. The third-order valence-corrected chi connectivity index (χ3v) is 5.11. The van der Waals surface area contributed by atoms with Crippen LogP contribution in [0.3, 0.4) is 0 Å². The van der Waals surface area contributed by atoms with E-state index >= 15 is 0 Å².